The van der Waals surface area contributed by atoms with Crippen molar-refractivity contribution in [2.24, 2.45) is 0 Å². The third-order valence-corrected chi connectivity index (χ3v) is 5.28. The van der Waals surface area contributed by atoms with Crippen molar-refractivity contribution < 1.29 is 8.42 Å². The number of hydrogen-bond acceptors (Lipinski definition) is 4. The summed E-state index contributed by atoms with van der Waals surface area (Å²) in [7, 11) is -3.75. The second kappa shape index (κ2) is 5.82. The van der Waals surface area contributed by atoms with Gasteiger partial charge in [0.2, 0.25) is 0 Å². The second-order valence-electron chi connectivity index (χ2n) is 4.51. The number of aryl methyl sites for hydroxylation is 2. The molecule has 0 aliphatic heterocycles. The SMILES string of the molecule is Cc1cc(Br)c(N)cc1S(=O)(=O)Nc1ccc(Cl)nc1C. The molecule has 0 unspecified atom stereocenters. The Kier molecular flexibility index (Phi) is 4.46. The van der Waals surface area contributed by atoms with Crippen molar-refractivity contribution in [3.8, 4) is 0 Å². The standard InChI is InChI=1S/C13H13BrClN3O2S/c1-7-5-9(14)10(16)6-12(7)21(19,20)18-11-3-4-13(15)17-8(11)2/h3-6,18H,16H2,1-2H3. The van der Waals surface area contributed by atoms with E-state index in [1.54, 1.807) is 26.0 Å². The zero-order chi connectivity index (χ0) is 15.8. The van der Waals surface area contributed by atoms with Gasteiger partial charge < -0.3 is 5.73 Å². The highest BCUT2D eigenvalue weighted by molar-refractivity contribution is 9.10. The molecule has 0 aliphatic rings. The smallest absolute Gasteiger partial charge is 0.262 e. The van der Waals surface area contributed by atoms with E-state index >= 15 is 0 Å². The molecule has 2 aromatic rings. The molecule has 1 heterocycles. The number of nitrogens with two attached hydrogens (primary N) is 1. The maximum atomic E-state index is 12.5. The number of hydrogen-bond donors (Lipinski definition) is 2. The highest BCUT2D eigenvalue weighted by Gasteiger charge is 2.19. The van der Waals surface area contributed by atoms with Crippen molar-refractivity contribution in [2.45, 2.75) is 18.7 Å². The molecule has 0 atom stereocenters. The maximum absolute atomic E-state index is 12.5. The summed E-state index contributed by atoms with van der Waals surface area (Å²) in [5.74, 6) is 0. The Morgan fingerprint density at radius 1 is 1.29 bits per heavy atom. The van der Waals surface area contributed by atoms with Gasteiger partial charge in [0.1, 0.15) is 5.15 Å². The predicted molar refractivity (Wildman–Crippen MR) is 88.1 cm³/mol. The van der Waals surface area contributed by atoms with Gasteiger partial charge in [0.25, 0.3) is 10.0 Å². The molecule has 21 heavy (non-hydrogen) atoms. The van der Waals surface area contributed by atoms with Gasteiger partial charge in [0.15, 0.2) is 0 Å². The van der Waals surface area contributed by atoms with Crippen LogP contribution in [0.5, 0.6) is 0 Å². The fourth-order valence-corrected chi connectivity index (χ4v) is 3.82. The van der Waals surface area contributed by atoms with E-state index in [4.69, 9.17) is 17.3 Å². The molecular weight excluding hydrogens is 378 g/mol. The Bertz CT molecular complexity index is 809. The van der Waals surface area contributed by atoms with Crippen LogP contribution in [0, 0.1) is 13.8 Å². The topological polar surface area (TPSA) is 85.1 Å². The van der Waals surface area contributed by atoms with Crippen LogP contribution in [0.3, 0.4) is 0 Å². The van der Waals surface area contributed by atoms with Crippen LogP contribution in [0.2, 0.25) is 5.15 Å². The number of sulfonamides is 1. The summed E-state index contributed by atoms with van der Waals surface area (Å²) in [6.07, 6.45) is 0. The van der Waals surface area contributed by atoms with Gasteiger partial charge in [0, 0.05) is 10.2 Å². The van der Waals surface area contributed by atoms with E-state index in [9.17, 15) is 8.42 Å². The number of nitrogen functional groups attached to an aromatic ring is 1. The molecule has 0 fully saturated rings. The summed E-state index contributed by atoms with van der Waals surface area (Å²) in [5.41, 5.74) is 7.57. The van der Waals surface area contributed by atoms with Gasteiger partial charge in [-0.15, -0.1) is 0 Å². The fourth-order valence-electron chi connectivity index (χ4n) is 1.80. The number of rotatable bonds is 3. The lowest BCUT2D eigenvalue weighted by Crippen LogP contribution is -2.15. The lowest BCUT2D eigenvalue weighted by atomic mass is 10.2. The largest absolute Gasteiger partial charge is 0.398 e. The second-order valence-corrected chi connectivity index (χ2v) is 7.40. The van der Waals surface area contributed by atoms with Crippen LogP contribution in [0.1, 0.15) is 11.3 Å². The zero-order valence-electron chi connectivity index (χ0n) is 11.3. The van der Waals surface area contributed by atoms with Crippen LogP contribution in [0.4, 0.5) is 11.4 Å². The highest BCUT2D eigenvalue weighted by atomic mass is 79.9. The molecule has 0 saturated carbocycles. The van der Waals surface area contributed by atoms with Crippen LogP contribution in [-0.2, 0) is 10.0 Å². The first-order valence-electron chi connectivity index (χ1n) is 5.92. The van der Waals surface area contributed by atoms with Crippen molar-refractivity contribution in [3.63, 3.8) is 0 Å². The van der Waals surface area contributed by atoms with E-state index in [1.807, 2.05) is 0 Å². The third kappa shape index (κ3) is 3.48. The molecule has 0 bridgehead atoms. The zero-order valence-corrected chi connectivity index (χ0v) is 14.5. The average molecular weight is 391 g/mol. The average Bonchev–Trinajstić information content (AvgIpc) is 2.37. The minimum atomic E-state index is -3.75. The first-order valence-corrected chi connectivity index (χ1v) is 8.57. The minimum absolute atomic E-state index is 0.123. The lowest BCUT2D eigenvalue weighted by Gasteiger charge is -2.13. The van der Waals surface area contributed by atoms with E-state index < -0.39 is 10.0 Å². The normalized spacial score (nSPS) is 11.4. The van der Waals surface area contributed by atoms with Crippen LogP contribution >= 0.6 is 27.5 Å². The van der Waals surface area contributed by atoms with Gasteiger partial charge in [-0.2, -0.15) is 0 Å². The van der Waals surface area contributed by atoms with Gasteiger partial charge in [-0.1, -0.05) is 11.6 Å². The first kappa shape index (κ1) is 16.1. The van der Waals surface area contributed by atoms with Gasteiger partial charge in [0.05, 0.1) is 16.3 Å². The summed E-state index contributed by atoms with van der Waals surface area (Å²) in [5, 5.41) is 0.305. The fraction of sp³-hybridized carbons (Fsp3) is 0.154. The Balaban J connectivity index is 2.46. The van der Waals surface area contributed by atoms with E-state index in [0.717, 1.165) is 0 Å². The van der Waals surface area contributed by atoms with E-state index in [1.165, 1.54) is 12.1 Å². The first-order chi connectivity index (χ1) is 9.70. The molecule has 3 N–H and O–H groups in total. The quantitative estimate of drug-likeness (QED) is 0.620. The Morgan fingerprint density at radius 3 is 2.57 bits per heavy atom. The Morgan fingerprint density at radius 2 is 1.95 bits per heavy atom. The molecule has 8 heteroatoms. The number of pyridine rings is 1. The third-order valence-electron chi connectivity index (χ3n) is 2.88. The lowest BCUT2D eigenvalue weighted by molar-refractivity contribution is 0.600. The van der Waals surface area contributed by atoms with E-state index in [0.29, 0.717) is 32.3 Å². The molecule has 2 rings (SSSR count). The number of benzene rings is 1. The number of nitrogens with zero attached hydrogens (tertiary/aromatic N) is 1. The Labute approximate surface area is 136 Å². The van der Waals surface area contributed by atoms with Crippen molar-refractivity contribution in [1.29, 1.82) is 0 Å². The van der Waals surface area contributed by atoms with Crippen LogP contribution in [0.15, 0.2) is 33.6 Å². The summed E-state index contributed by atoms with van der Waals surface area (Å²) in [6, 6.07) is 6.17. The molecule has 1 aromatic carbocycles. The molecule has 0 radical (unpaired) electrons. The molecule has 112 valence electrons. The summed E-state index contributed by atoms with van der Waals surface area (Å²) < 4.78 is 28.1. The number of anilines is 2. The number of nitrogens with one attached hydrogen (secondary N) is 1. The number of aromatic nitrogens is 1. The minimum Gasteiger partial charge on any atom is -0.398 e. The molecule has 1 aromatic heterocycles. The van der Waals surface area contributed by atoms with Crippen molar-refractivity contribution >= 4 is 48.9 Å². The van der Waals surface area contributed by atoms with Crippen molar-refractivity contribution in [1.82, 2.24) is 4.98 Å². The van der Waals surface area contributed by atoms with Gasteiger partial charge in [-0.25, -0.2) is 13.4 Å². The van der Waals surface area contributed by atoms with Crippen LogP contribution in [0.25, 0.3) is 0 Å². The van der Waals surface area contributed by atoms with Crippen molar-refractivity contribution in [3.05, 3.63) is 45.1 Å². The monoisotopic (exact) mass is 389 g/mol. The van der Waals surface area contributed by atoms with Gasteiger partial charge in [-0.3, -0.25) is 4.72 Å². The van der Waals surface area contributed by atoms with Crippen LogP contribution in [-0.4, -0.2) is 13.4 Å². The van der Waals surface area contributed by atoms with Gasteiger partial charge in [-0.05, 0) is 59.6 Å². The van der Waals surface area contributed by atoms with E-state index in [2.05, 4.69) is 25.6 Å². The van der Waals surface area contributed by atoms with E-state index in [-0.39, 0.29) is 4.90 Å². The molecule has 0 aliphatic carbocycles. The van der Waals surface area contributed by atoms with Crippen LogP contribution < -0.4 is 10.5 Å². The highest BCUT2D eigenvalue weighted by Crippen LogP contribution is 2.28. The summed E-state index contributed by atoms with van der Waals surface area (Å²) in [4.78, 5) is 4.13. The molecule has 0 amide bonds. The predicted octanol–water partition coefficient (Wildman–Crippen LogP) is 3.50. The summed E-state index contributed by atoms with van der Waals surface area (Å²) in [6.45, 7) is 3.37. The van der Waals surface area contributed by atoms with Crippen molar-refractivity contribution in [2.75, 3.05) is 10.5 Å². The molecule has 0 spiro atoms. The molecule has 0 saturated heterocycles. The maximum Gasteiger partial charge on any atom is 0.262 e. The molecular formula is C13H13BrClN3O2S. The number of halogens is 2. The summed E-state index contributed by atoms with van der Waals surface area (Å²) >= 11 is 9.03. The molecule has 5 nitrogen and oxygen atoms in total. The Hall–Kier alpha value is -1.31. The van der Waals surface area contributed by atoms with Gasteiger partial charge >= 0.3 is 0 Å².